The Balaban J connectivity index is 2.13. The summed E-state index contributed by atoms with van der Waals surface area (Å²) >= 11 is 0. The molecule has 22 heavy (non-hydrogen) atoms. The first-order valence-corrected chi connectivity index (χ1v) is 7.26. The van der Waals surface area contributed by atoms with Crippen LogP contribution in [0.3, 0.4) is 0 Å². The minimum Gasteiger partial charge on any atom is -0.481 e. The van der Waals surface area contributed by atoms with E-state index in [-0.39, 0.29) is 6.42 Å². The van der Waals surface area contributed by atoms with Crippen LogP contribution in [0.15, 0.2) is 42.6 Å². The number of nitrogens with zero attached hydrogens (tertiary/aromatic N) is 2. The second kappa shape index (κ2) is 5.64. The number of aryl methyl sites for hydroxylation is 1. The fraction of sp³-hybridized carbons (Fsp3) is 0.222. The molecule has 2 heterocycles. The molecule has 3 aromatic rings. The number of rotatable bonds is 4. The van der Waals surface area contributed by atoms with Gasteiger partial charge in [0.1, 0.15) is 5.65 Å². The van der Waals surface area contributed by atoms with Gasteiger partial charge in [0.2, 0.25) is 0 Å². The van der Waals surface area contributed by atoms with Crippen LogP contribution < -0.4 is 0 Å². The molecule has 0 atom stereocenters. The van der Waals surface area contributed by atoms with Crippen molar-refractivity contribution in [3.8, 4) is 0 Å². The lowest BCUT2D eigenvalue weighted by Gasteiger charge is -2.09. The van der Waals surface area contributed by atoms with Crippen LogP contribution in [0.4, 0.5) is 0 Å². The monoisotopic (exact) mass is 294 g/mol. The first kappa shape index (κ1) is 14.3. The predicted octanol–water partition coefficient (Wildman–Crippen LogP) is 3.33. The highest BCUT2D eigenvalue weighted by molar-refractivity contribution is 5.86. The first-order chi connectivity index (χ1) is 10.6. The van der Waals surface area contributed by atoms with E-state index in [1.54, 1.807) is 6.20 Å². The van der Waals surface area contributed by atoms with Gasteiger partial charge in [-0.3, -0.25) is 4.79 Å². The quantitative estimate of drug-likeness (QED) is 0.803. The van der Waals surface area contributed by atoms with Crippen molar-refractivity contribution in [3.05, 3.63) is 65.0 Å². The third-order valence-electron chi connectivity index (χ3n) is 3.96. The van der Waals surface area contributed by atoms with E-state index in [4.69, 9.17) is 5.11 Å². The summed E-state index contributed by atoms with van der Waals surface area (Å²) < 4.78 is 2.10. The predicted molar refractivity (Wildman–Crippen MR) is 86.1 cm³/mol. The molecule has 3 rings (SSSR count). The van der Waals surface area contributed by atoms with Crippen LogP contribution in [0.5, 0.6) is 0 Å². The van der Waals surface area contributed by atoms with Crippen molar-refractivity contribution >= 4 is 17.0 Å². The van der Waals surface area contributed by atoms with E-state index in [0.29, 0.717) is 6.54 Å². The number of fused-ring (bicyclic) bond motifs is 1. The molecule has 112 valence electrons. The molecule has 4 heteroatoms. The molecular formula is C18H18N2O2. The van der Waals surface area contributed by atoms with Gasteiger partial charge < -0.3 is 9.67 Å². The van der Waals surface area contributed by atoms with Crippen LogP contribution in [-0.4, -0.2) is 20.6 Å². The van der Waals surface area contributed by atoms with E-state index in [0.717, 1.165) is 22.3 Å². The van der Waals surface area contributed by atoms with E-state index in [2.05, 4.69) is 34.7 Å². The third-order valence-corrected chi connectivity index (χ3v) is 3.96. The Bertz CT molecular complexity index is 849. The number of carboxylic acids is 1. The van der Waals surface area contributed by atoms with Gasteiger partial charge in [-0.05, 0) is 37.1 Å². The molecule has 0 aliphatic carbocycles. The van der Waals surface area contributed by atoms with E-state index in [1.807, 2.05) is 25.1 Å². The van der Waals surface area contributed by atoms with Crippen molar-refractivity contribution in [1.29, 1.82) is 0 Å². The van der Waals surface area contributed by atoms with Crippen LogP contribution in [0, 0.1) is 13.8 Å². The lowest BCUT2D eigenvalue weighted by atomic mass is 10.1. The lowest BCUT2D eigenvalue weighted by Crippen LogP contribution is -2.05. The van der Waals surface area contributed by atoms with Gasteiger partial charge in [0.25, 0.3) is 0 Å². The highest BCUT2D eigenvalue weighted by atomic mass is 16.4. The van der Waals surface area contributed by atoms with Crippen molar-refractivity contribution in [2.45, 2.75) is 26.8 Å². The SMILES string of the molecule is Cc1cccc(Cn2c(C)c(CC(=O)O)c3cccnc32)c1. The molecule has 1 aromatic carbocycles. The molecule has 2 aromatic heterocycles. The number of carboxylic acid groups (broad SMARTS) is 1. The van der Waals surface area contributed by atoms with Crippen molar-refractivity contribution in [2.75, 3.05) is 0 Å². The topological polar surface area (TPSA) is 55.1 Å². The molecule has 4 nitrogen and oxygen atoms in total. The van der Waals surface area contributed by atoms with Crippen LogP contribution in [0.2, 0.25) is 0 Å². The summed E-state index contributed by atoms with van der Waals surface area (Å²) in [6.07, 6.45) is 1.77. The maximum atomic E-state index is 11.1. The summed E-state index contributed by atoms with van der Waals surface area (Å²) in [6.45, 7) is 4.73. The van der Waals surface area contributed by atoms with Gasteiger partial charge in [0, 0.05) is 23.8 Å². The number of pyridine rings is 1. The average Bonchev–Trinajstić information content (AvgIpc) is 2.73. The Labute approximate surface area is 129 Å². The summed E-state index contributed by atoms with van der Waals surface area (Å²) in [6, 6.07) is 12.1. The van der Waals surface area contributed by atoms with E-state index < -0.39 is 5.97 Å². The first-order valence-electron chi connectivity index (χ1n) is 7.26. The summed E-state index contributed by atoms with van der Waals surface area (Å²) in [5.41, 5.74) is 5.07. The van der Waals surface area contributed by atoms with Gasteiger partial charge in [-0.25, -0.2) is 4.98 Å². The van der Waals surface area contributed by atoms with E-state index >= 15 is 0 Å². The van der Waals surface area contributed by atoms with Crippen LogP contribution >= 0.6 is 0 Å². The Morgan fingerprint density at radius 3 is 2.77 bits per heavy atom. The lowest BCUT2D eigenvalue weighted by molar-refractivity contribution is -0.136. The van der Waals surface area contributed by atoms with Gasteiger partial charge >= 0.3 is 5.97 Å². The molecule has 0 aliphatic heterocycles. The number of hydrogen-bond acceptors (Lipinski definition) is 2. The maximum Gasteiger partial charge on any atom is 0.307 e. The zero-order valence-electron chi connectivity index (χ0n) is 12.7. The second-order valence-corrected chi connectivity index (χ2v) is 5.58. The fourth-order valence-corrected chi connectivity index (χ4v) is 2.93. The minimum absolute atomic E-state index is 0.0227. The standard InChI is InChI=1S/C18H18N2O2/c1-12-5-3-6-14(9-12)11-20-13(2)16(10-17(21)22)15-7-4-8-19-18(15)20/h3-9H,10-11H2,1-2H3,(H,21,22). The summed E-state index contributed by atoms with van der Waals surface area (Å²) in [4.78, 5) is 15.6. The Morgan fingerprint density at radius 2 is 2.05 bits per heavy atom. The molecule has 0 saturated carbocycles. The van der Waals surface area contributed by atoms with Crippen LogP contribution in [0.1, 0.15) is 22.4 Å². The molecule has 0 bridgehead atoms. The zero-order valence-corrected chi connectivity index (χ0v) is 12.7. The number of aliphatic carboxylic acids is 1. The molecule has 0 aliphatic rings. The Morgan fingerprint density at radius 1 is 1.23 bits per heavy atom. The zero-order chi connectivity index (χ0) is 15.7. The molecule has 0 spiro atoms. The molecule has 1 N–H and O–H groups in total. The van der Waals surface area contributed by atoms with E-state index in [1.165, 1.54) is 11.1 Å². The van der Waals surface area contributed by atoms with Crippen LogP contribution in [-0.2, 0) is 17.8 Å². The van der Waals surface area contributed by atoms with Gasteiger partial charge in [-0.15, -0.1) is 0 Å². The summed E-state index contributed by atoms with van der Waals surface area (Å²) in [7, 11) is 0. The number of benzene rings is 1. The maximum absolute atomic E-state index is 11.1. The van der Waals surface area contributed by atoms with Crippen molar-refractivity contribution in [2.24, 2.45) is 0 Å². The van der Waals surface area contributed by atoms with Crippen LogP contribution in [0.25, 0.3) is 11.0 Å². The van der Waals surface area contributed by atoms with Gasteiger partial charge in [-0.1, -0.05) is 29.8 Å². The smallest absolute Gasteiger partial charge is 0.307 e. The summed E-state index contributed by atoms with van der Waals surface area (Å²) in [5.74, 6) is -0.818. The van der Waals surface area contributed by atoms with Crippen molar-refractivity contribution in [3.63, 3.8) is 0 Å². The number of hydrogen-bond donors (Lipinski definition) is 1. The minimum atomic E-state index is -0.818. The highest BCUT2D eigenvalue weighted by Gasteiger charge is 2.17. The third kappa shape index (κ3) is 2.60. The molecule has 0 saturated heterocycles. The Kier molecular flexibility index (Phi) is 3.67. The normalized spacial score (nSPS) is 11.0. The molecule has 0 fully saturated rings. The van der Waals surface area contributed by atoms with Gasteiger partial charge in [0.15, 0.2) is 0 Å². The average molecular weight is 294 g/mol. The van der Waals surface area contributed by atoms with E-state index in [9.17, 15) is 4.79 Å². The van der Waals surface area contributed by atoms with Gasteiger partial charge in [0.05, 0.1) is 6.42 Å². The molecule has 0 amide bonds. The molecule has 0 radical (unpaired) electrons. The number of carbonyl (C=O) groups is 1. The molecule has 0 unspecified atom stereocenters. The largest absolute Gasteiger partial charge is 0.481 e. The second-order valence-electron chi connectivity index (χ2n) is 5.58. The number of aromatic nitrogens is 2. The van der Waals surface area contributed by atoms with Gasteiger partial charge in [-0.2, -0.15) is 0 Å². The fourth-order valence-electron chi connectivity index (χ4n) is 2.93. The van der Waals surface area contributed by atoms with Crippen molar-refractivity contribution in [1.82, 2.24) is 9.55 Å². The summed E-state index contributed by atoms with van der Waals surface area (Å²) in [5, 5.41) is 10.1. The molecular weight excluding hydrogens is 276 g/mol. The Hall–Kier alpha value is -2.62. The van der Waals surface area contributed by atoms with Crippen molar-refractivity contribution < 1.29 is 9.90 Å². The highest BCUT2D eigenvalue weighted by Crippen LogP contribution is 2.26.